The molecule has 2 aliphatic rings. The van der Waals surface area contributed by atoms with Gasteiger partial charge in [-0.1, -0.05) is 13.3 Å². The average molecular weight is 261 g/mol. The second kappa shape index (κ2) is 7.22. The van der Waals surface area contributed by atoms with Gasteiger partial charge in [0.25, 0.3) is 0 Å². The fraction of sp³-hybridized carbons (Fsp3) is 0.923. The highest BCUT2D eigenvalue weighted by Gasteiger charge is 2.32. The molecule has 2 atom stereocenters. The lowest BCUT2D eigenvalue weighted by Crippen LogP contribution is -2.46. The van der Waals surface area contributed by atoms with Gasteiger partial charge in [0.15, 0.2) is 0 Å². The highest BCUT2D eigenvalue weighted by Crippen LogP contribution is 2.24. The second-order valence-corrected chi connectivity index (χ2v) is 5.16. The van der Waals surface area contributed by atoms with Crippen LogP contribution in [-0.2, 0) is 4.79 Å². The van der Waals surface area contributed by atoms with Crippen LogP contribution < -0.4 is 5.32 Å². The maximum absolute atomic E-state index is 12.4. The number of rotatable bonds is 3. The number of amides is 1. The van der Waals surface area contributed by atoms with E-state index < -0.39 is 0 Å². The van der Waals surface area contributed by atoms with Crippen molar-refractivity contribution in [2.24, 2.45) is 5.92 Å². The predicted octanol–water partition coefficient (Wildman–Crippen LogP) is 2.20. The summed E-state index contributed by atoms with van der Waals surface area (Å²) >= 11 is 0. The first-order valence-corrected chi connectivity index (χ1v) is 6.84. The molecule has 0 bridgehead atoms. The Kier molecular flexibility index (Phi) is 6.28. The SMILES string of the molecule is CCCC1CCCCN1C(=O)C1CCNC1.Cl. The molecule has 17 heavy (non-hydrogen) atoms. The van der Waals surface area contributed by atoms with Gasteiger partial charge in [0, 0.05) is 19.1 Å². The van der Waals surface area contributed by atoms with E-state index in [0.29, 0.717) is 11.9 Å². The highest BCUT2D eigenvalue weighted by atomic mass is 35.5. The molecule has 0 aromatic rings. The molecule has 2 unspecified atom stereocenters. The van der Waals surface area contributed by atoms with E-state index in [4.69, 9.17) is 0 Å². The lowest BCUT2D eigenvalue weighted by Gasteiger charge is -2.37. The Balaban J connectivity index is 0.00000144. The number of piperidine rings is 1. The van der Waals surface area contributed by atoms with E-state index >= 15 is 0 Å². The van der Waals surface area contributed by atoms with Gasteiger partial charge in [0.2, 0.25) is 5.91 Å². The van der Waals surface area contributed by atoms with Gasteiger partial charge in [0.1, 0.15) is 0 Å². The van der Waals surface area contributed by atoms with E-state index in [1.807, 2.05) is 0 Å². The van der Waals surface area contributed by atoms with Crippen molar-refractivity contribution in [3.05, 3.63) is 0 Å². The summed E-state index contributed by atoms with van der Waals surface area (Å²) in [5.74, 6) is 0.681. The zero-order chi connectivity index (χ0) is 11.4. The van der Waals surface area contributed by atoms with E-state index in [-0.39, 0.29) is 18.3 Å². The first-order chi connectivity index (χ1) is 7.83. The van der Waals surface area contributed by atoms with Crippen LogP contribution in [0.2, 0.25) is 0 Å². The summed E-state index contributed by atoms with van der Waals surface area (Å²) in [6.45, 7) is 5.13. The van der Waals surface area contributed by atoms with E-state index in [1.165, 1.54) is 32.1 Å². The van der Waals surface area contributed by atoms with Crippen molar-refractivity contribution in [3.8, 4) is 0 Å². The minimum absolute atomic E-state index is 0. The van der Waals surface area contributed by atoms with Gasteiger partial charge in [-0.3, -0.25) is 4.79 Å². The fourth-order valence-electron chi connectivity index (χ4n) is 3.02. The third kappa shape index (κ3) is 3.59. The molecule has 0 radical (unpaired) electrons. The number of likely N-dealkylation sites (tertiary alicyclic amines) is 1. The first-order valence-electron chi connectivity index (χ1n) is 6.84. The zero-order valence-corrected chi connectivity index (χ0v) is 11.6. The molecule has 2 rings (SSSR count). The predicted molar refractivity (Wildman–Crippen MR) is 72.5 cm³/mol. The average Bonchev–Trinajstić information content (AvgIpc) is 2.83. The molecular formula is C13H25ClN2O. The number of carbonyl (C=O) groups excluding carboxylic acids is 1. The van der Waals surface area contributed by atoms with Gasteiger partial charge in [-0.05, 0) is 38.6 Å². The van der Waals surface area contributed by atoms with Crippen LogP contribution in [0.15, 0.2) is 0 Å². The Hall–Kier alpha value is -0.280. The molecule has 0 spiro atoms. The molecule has 2 heterocycles. The van der Waals surface area contributed by atoms with E-state index in [9.17, 15) is 4.79 Å². The second-order valence-electron chi connectivity index (χ2n) is 5.16. The third-order valence-corrected chi connectivity index (χ3v) is 3.94. The first kappa shape index (κ1) is 14.8. The standard InChI is InChI=1S/C13H24N2O.ClH/c1-2-5-12-6-3-4-9-15(12)13(16)11-7-8-14-10-11;/h11-12,14H,2-10H2,1H3;1H. The van der Waals surface area contributed by atoms with Crippen LogP contribution in [0, 0.1) is 5.92 Å². The molecule has 4 heteroatoms. The van der Waals surface area contributed by atoms with Gasteiger partial charge in [-0.25, -0.2) is 0 Å². The molecule has 2 aliphatic heterocycles. The monoisotopic (exact) mass is 260 g/mol. The topological polar surface area (TPSA) is 32.3 Å². The molecule has 0 aliphatic carbocycles. The van der Waals surface area contributed by atoms with Crippen LogP contribution in [0.5, 0.6) is 0 Å². The van der Waals surface area contributed by atoms with E-state index in [1.54, 1.807) is 0 Å². The molecule has 1 N–H and O–H groups in total. The summed E-state index contributed by atoms with van der Waals surface area (Å²) < 4.78 is 0. The summed E-state index contributed by atoms with van der Waals surface area (Å²) in [5.41, 5.74) is 0. The number of nitrogens with zero attached hydrogens (tertiary/aromatic N) is 1. The summed E-state index contributed by atoms with van der Waals surface area (Å²) in [4.78, 5) is 14.6. The minimum Gasteiger partial charge on any atom is -0.339 e. The summed E-state index contributed by atoms with van der Waals surface area (Å²) in [7, 11) is 0. The Morgan fingerprint density at radius 1 is 1.35 bits per heavy atom. The zero-order valence-electron chi connectivity index (χ0n) is 10.8. The summed E-state index contributed by atoms with van der Waals surface area (Å²) in [5, 5.41) is 3.29. The molecule has 3 nitrogen and oxygen atoms in total. The number of halogens is 1. The van der Waals surface area contributed by atoms with Crippen molar-refractivity contribution in [2.45, 2.75) is 51.5 Å². The molecule has 1 amide bonds. The molecular weight excluding hydrogens is 236 g/mol. The molecule has 0 aromatic heterocycles. The number of carbonyl (C=O) groups is 1. The normalized spacial score (nSPS) is 28.9. The Morgan fingerprint density at radius 2 is 2.18 bits per heavy atom. The number of hydrogen-bond donors (Lipinski definition) is 1. The van der Waals surface area contributed by atoms with Gasteiger partial charge in [-0.2, -0.15) is 0 Å². The molecule has 2 fully saturated rings. The maximum atomic E-state index is 12.4. The Bertz CT molecular complexity index is 240. The van der Waals surface area contributed by atoms with Crippen LogP contribution in [0.3, 0.4) is 0 Å². The van der Waals surface area contributed by atoms with Crippen LogP contribution >= 0.6 is 12.4 Å². The fourth-order valence-corrected chi connectivity index (χ4v) is 3.02. The summed E-state index contributed by atoms with van der Waals surface area (Å²) in [6, 6.07) is 0.534. The van der Waals surface area contributed by atoms with E-state index in [0.717, 1.165) is 26.1 Å². The Morgan fingerprint density at radius 3 is 2.82 bits per heavy atom. The van der Waals surface area contributed by atoms with Crippen molar-refractivity contribution in [1.29, 1.82) is 0 Å². The van der Waals surface area contributed by atoms with Crippen molar-refractivity contribution >= 4 is 18.3 Å². The van der Waals surface area contributed by atoms with Gasteiger partial charge < -0.3 is 10.2 Å². The van der Waals surface area contributed by atoms with Crippen LogP contribution in [-0.4, -0.2) is 36.5 Å². The highest BCUT2D eigenvalue weighted by molar-refractivity contribution is 5.85. The summed E-state index contributed by atoms with van der Waals surface area (Å²) in [6.07, 6.45) is 7.14. The quantitative estimate of drug-likeness (QED) is 0.844. The number of nitrogens with one attached hydrogen (secondary N) is 1. The van der Waals surface area contributed by atoms with Gasteiger partial charge in [0.05, 0.1) is 5.92 Å². The molecule has 100 valence electrons. The van der Waals surface area contributed by atoms with Crippen molar-refractivity contribution < 1.29 is 4.79 Å². The third-order valence-electron chi connectivity index (χ3n) is 3.94. The molecule has 0 saturated carbocycles. The van der Waals surface area contributed by atoms with Crippen LogP contribution in [0.4, 0.5) is 0 Å². The van der Waals surface area contributed by atoms with Crippen molar-refractivity contribution in [2.75, 3.05) is 19.6 Å². The lowest BCUT2D eigenvalue weighted by molar-refractivity contribution is -0.138. The van der Waals surface area contributed by atoms with Crippen molar-refractivity contribution in [1.82, 2.24) is 10.2 Å². The number of hydrogen-bond acceptors (Lipinski definition) is 2. The van der Waals surface area contributed by atoms with Crippen LogP contribution in [0.25, 0.3) is 0 Å². The van der Waals surface area contributed by atoms with Gasteiger partial charge >= 0.3 is 0 Å². The Labute approximate surface area is 111 Å². The minimum atomic E-state index is 0. The van der Waals surface area contributed by atoms with E-state index in [2.05, 4.69) is 17.1 Å². The van der Waals surface area contributed by atoms with Crippen LogP contribution in [0.1, 0.15) is 45.4 Å². The van der Waals surface area contributed by atoms with Crippen molar-refractivity contribution in [3.63, 3.8) is 0 Å². The van der Waals surface area contributed by atoms with Gasteiger partial charge in [-0.15, -0.1) is 12.4 Å². The lowest BCUT2D eigenvalue weighted by atomic mass is 9.95. The maximum Gasteiger partial charge on any atom is 0.227 e. The molecule has 2 saturated heterocycles. The molecule has 0 aromatic carbocycles. The smallest absolute Gasteiger partial charge is 0.227 e. The largest absolute Gasteiger partial charge is 0.339 e.